The summed E-state index contributed by atoms with van der Waals surface area (Å²) in [6, 6.07) is 2.65. The minimum atomic E-state index is -0.0794. The maximum atomic E-state index is 12.5. The van der Waals surface area contributed by atoms with Crippen LogP contribution < -0.4 is 10.6 Å². The SMILES string of the molecule is O=C(NC1CN2CCC1C2)c1cc2c(NC3CC3)coc2cn1. The summed E-state index contributed by atoms with van der Waals surface area (Å²) < 4.78 is 5.52. The summed E-state index contributed by atoms with van der Waals surface area (Å²) in [6.07, 6.45) is 6.95. The van der Waals surface area contributed by atoms with Crippen molar-refractivity contribution >= 4 is 22.6 Å². The molecule has 0 radical (unpaired) electrons. The first-order valence-corrected chi connectivity index (χ1v) is 8.43. The monoisotopic (exact) mass is 312 g/mol. The molecule has 2 N–H and O–H groups in total. The average Bonchev–Trinajstić information content (AvgIpc) is 2.96. The van der Waals surface area contributed by atoms with E-state index in [0.29, 0.717) is 17.7 Å². The average molecular weight is 312 g/mol. The minimum Gasteiger partial charge on any atom is -0.460 e. The van der Waals surface area contributed by atoms with E-state index in [1.54, 1.807) is 12.5 Å². The second-order valence-corrected chi connectivity index (χ2v) is 7.02. The number of carbonyl (C=O) groups is 1. The highest BCUT2D eigenvalue weighted by atomic mass is 16.3. The van der Waals surface area contributed by atoms with Gasteiger partial charge in [0.15, 0.2) is 5.58 Å². The van der Waals surface area contributed by atoms with Crippen LogP contribution in [0.4, 0.5) is 5.69 Å². The third kappa shape index (κ3) is 2.37. The van der Waals surface area contributed by atoms with E-state index in [9.17, 15) is 4.79 Å². The molecule has 23 heavy (non-hydrogen) atoms. The lowest BCUT2D eigenvalue weighted by Gasteiger charge is -2.22. The maximum Gasteiger partial charge on any atom is 0.270 e. The van der Waals surface area contributed by atoms with Crippen molar-refractivity contribution in [3.63, 3.8) is 0 Å². The van der Waals surface area contributed by atoms with Crippen molar-refractivity contribution in [2.24, 2.45) is 5.92 Å². The summed E-state index contributed by atoms with van der Waals surface area (Å²) in [5.74, 6) is 0.521. The van der Waals surface area contributed by atoms with Crippen molar-refractivity contribution in [2.45, 2.75) is 31.3 Å². The van der Waals surface area contributed by atoms with Gasteiger partial charge in [-0.25, -0.2) is 4.98 Å². The molecular weight excluding hydrogens is 292 g/mol. The number of pyridine rings is 1. The van der Waals surface area contributed by atoms with Gasteiger partial charge in [-0.05, 0) is 37.8 Å². The molecular formula is C17H20N4O2. The Morgan fingerprint density at radius 3 is 2.96 bits per heavy atom. The fraction of sp³-hybridized carbons (Fsp3) is 0.529. The van der Waals surface area contributed by atoms with Gasteiger partial charge in [-0.3, -0.25) is 4.79 Å². The Balaban J connectivity index is 1.37. The van der Waals surface area contributed by atoms with Gasteiger partial charge in [-0.1, -0.05) is 0 Å². The molecule has 6 nitrogen and oxygen atoms in total. The molecule has 0 aromatic carbocycles. The van der Waals surface area contributed by atoms with Crippen molar-refractivity contribution in [1.82, 2.24) is 15.2 Å². The summed E-state index contributed by atoms with van der Waals surface area (Å²) in [4.78, 5) is 19.2. The van der Waals surface area contributed by atoms with E-state index in [2.05, 4.69) is 20.5 Å². The highest BCUT2D eigenvalue weighted by molar-refractivity contribution is 5.99. The van der Waals surface area contributed by atoms with E-state index in [-0.39, 0.29) is 11.9 Å². The molecule has 0 spiro atoms. The number of carbonyl (C=O) groups excluding carboxylic acids is 1. The van der Waals surface area contributed by atoms with Gasteiger partial charge in [0.2, 0.25) is 0 Å². The molecule has 120 valence electrons. The van der Waals surface area contributed by atoms with Crippen molar-refractivity contribution in [1.29, 1.82) is 0 Å². The van der Waals surface area contributed by atoms with Crippen LogP contribution in [0.2, 0.25) is 0 Å². The van der Waals surface area contributed by atoms with Gasteiger partial charge in [-0.2, -0.15) is 0 Å². The summed E-state index contributed by atoms with van der Waals surface area (Å²) in [5.41, 5.74) is 2.15. The smallest absolute Gasteiger partial charge is 0.270 e. The molecule has 6 heteroatoms. The second-order valence-electron chi connectivity index (χ2n) is 7.02. The zero-order valence-electron chi connectivity index (χ0n) is 12.9. The molecule has 4 heterocycles. The number of anilines is 1. The zero-order chi connectivity index (χ0) is 15.4. The van der Waals surface area contributed by atoms with Crippen LogP contribution in [0.15, 0.2) is 22.9 Å². The van der Waals surface area contributed by atoms with E-state index in [0.717, 1.165) is 29.7 Å². The summed E-state index contributed by atoms with van der Waals surface area (Å²) in [5, 5.41) is 7.54. The number of piperidine rings is 1. The fourth-order valence-corrected chi connectivity index (χ4v) is 3.81. The van der Waals surface area contributed by atoms with Gasteiger partial charge in [-0.15, -0.1) is 0 Å². The molecule has 2 bridgehead atoms. The van der Waals surface area contributed by atoms with Crippen LogP contribution >= 0.6 is 0 Å². The number of amides is 1. The first kappa shape index (κ1) is 13.4. The van der Waals surface area contributed by atoms with Crippen LogP contribution in [0, 0.1) is 5.92 Å². The topological polar surface area (TPSA) is 70.4 Å². The molecule has 1 aliphatic carbocycles. The van der Waals surface area contributed by atoms with Gasteiger partial charge in [0, 0.05) is 30.6 Å². The molecule has 3 atom stereocenters. The van der Waals surface area contributed by atoms with E-state index in [4.69, 9.17) is 4.42 Å². The Morgan fingerprint density at radius 2 is 2.22 bits per heavy atom. The Kier molecular flexibility index (Phi) is 2.88. The number of aromatic nitrogens is 1. The van der Waals surface area contributed by atoms with Crippen LogP contribution in [-0.2, 0) is 0 Å². The summed E-state index contributed by atoms with van der Waals surface area (Å²) >= 11 is 0. The number of hydrogen-bond donors (Lipinski definition) is 2. The van der Waals surface area contributed by atoms with Gasteiger partial charge >= 0.3 is 0 Å². The minimum absolute atomic E-state index is 0.0794. The molecule has 2 aromatic rings. The lowest BCUT2D eigenvalue weighted by molar-refractivity contribution is 0.0919. The quantitative estimate of drug-likeness (QED) is 0.901. The fourth-order valence-electron chi connectivity index (χ4n) is 3.81. The van der Waals surface area contributed by atoms with Crippen LogP contribution in [0.5, 0.6) is 0 Å². The third-order valence-corrected chi connectivity index (χ3v) is 5.28. The van der Waals surface area contributed by atoms with Gasteiger partial charge in [0.05, 0.1) is 11.9 Å². The predicted octanol–water partition coefficient (Wildman–Crippen LogP) is 1.84. The zero-order valence-corrected chi connectivity index (χ0v) is 12.9. The molecule has 2 aliphatic heterocycles. The highest BCUT2D eigenvalue weighted by Crippen LogP contribution is 2.32. The van der Waals surface area contributed by atoms with Crippen LogP contribution in [0.3, 0.4) is 0 Å². The molecule has 2 saturated heterocycles. The second kappa shape index (κ2) is 4.96. The predicted molar refractivity (Wildman–Crippen MR) is 86.5 cm³/mol. The standard InChI is InChI=1S/C17H20N4O2/c22-17(20-14-8-21-4-3-10(14)7-21)13-5-12-15(19-11-1-2-11)9-23-16(12)6-18-13/h5-6,9-11,14,19H,1-4,7-8H2,(H,20,22). The third-order valence-electron chi connectivity index (χ3n) is 5.28. The highest BCUT2D eigenvalue weighted by Gasteiger charge is 2.38. The van der Waals surface area contributed by atoms with Gasteiger partial charge in [0.1, 0.15) is 12.0 Å². The molecule has 3 aliphatic rings. The van der Waals surface area contributed by atoms with Gasteiger partial charge < -0.3 is 20.0 Å². The van der Waals surface area contributed by atoms with Gasteiger partial charge in [0.25, 0.3) is 5.91 Å². The molecule has 1 saturated carbocycles. The molecule has 3 fully saturated rings. The maximum absolute atomic E-state index is 12.5. The lowest BCUT2D eigenvalue weighted by Crippen LogP contribution is -2.43. The Labute approximate surface area is 134 Å². The van der Waals surface area contributed by atoms with E-state index in [1.807, 2.05) is 6.07 Å². The molecule has 3 unspecified atom stereocenters. The Bertz CT molecular complexity index is 767. The number of furan rings is 1. The largest absolute Gasteiger partial charge is 0.460 e. The number of rotatable bonds is 4. The first-order chi connectivity index (χ1) is 11.3. The van der Waals surface area contributed by atoms with Crippen molar-refractivity contribution < 1.29 is 9.21 Å². The first-order valence-electron chi connectivity index (χ1n) is 8.43. The van der Waals surface area contributed by atoms with Crippen LogP contribution in [0.25, 0.3) is 11.0 Å². The number of hydrogen-bond acceptors (Lipinski definition) is 5. The van der Waals surface area contributed by atoms with Crippen molar-refractivity contribution in [3.8, 4) is 0 Å². The Hall–Kier alpha value is -2.08. The number of nitrogens with zero attached hydrogens (tertiary/aromatic N) is 2. The van der Waals surface area contributed by atoms with E-state index < -0.39 is 0 Å². The lowest BCUT2D eigenvalue weighted by atomic mass is 10.00. The summed E-state index contributed by atoms with van der Waals surface area (Å²) in [7, 11) is 0. The van der Waals surface area contributed by atoms with Crippen molar-refractivity contribution in [2.75, 3.05) is 25.0 Å². The number of fused-ring (bicyclic) bond motifs is 3. The van der Waals surface area contributed by atoms with Crippen molar-refractivity contribution in [3.05, 3.63) is 24.2 Å². The normalized spacial score (nSPS) is 29.1. The van der Waals surface area contributed by atoms with E-state index >= 15 is 0 Å². The van der Waals surface area contributed by atoms with E-state index in [1.165, 1.54) is 25.8 Å². The Morgan fingerprint density at radius 1 is 1.30 bits per heavy atom. The van der Waals surface area contributed by atoms with Crippen LogP contribution in [0.1, 0.15) is 29.8 Å². The molecule has 5 rings (SSSR count). The molecule has 1 amide bonds. The molecule has 2 aromatic heterocycles. The summed E-state index contributed by atoms with van der Waals surface area (Å²) in [6.45, 7) is 3.26. The number of nitrogens with one attached hydrogen (secondary N) is 2. The van der Waals surface area contributed by atoms with Crippen LogP contribution in [-0.4, -0.2) is 47.5 Å².